The van der Waals surface area contributed by atoms with E-state index >= 15 is 0 Å². The summed E-state index contributed by atoms with van der Waals surface area (Å²) in [6.45, 7) is 1.70. The van der Waals surface area contributed by atoms with Gasteiger partial charge in [0.15, 0.2) is 5.82 Å². The third-order valence-electron chi connectivity index (χ3n) is 2.58. The Bertz CT molecular complexity index is 726. The highest BCUT2D eigenvalue weighted by Crippen LogP contribution is 2.15. The summed E-state index contributed by atoms with van der Waals surface area (Å²) in [4.78, 5) is 0.352. The van der Waals surface area contributed by atoms with Gasteiger partial charge in [0.25, 0.3) is 0 Å². The van der Waals surface area contributed by atoms with Gasteiger partial charge in [-0.2, -0.15) is 5.21 Å². The van der Waals surface area contributed by atoms with Gasteiger partial charge in [0.05, 0.1) is 11.4 Å². The van der Waals surface area contributed by atoms with Gasteiger partial charge in [-0.3, -0.25) is 0 Å². The molecule has 8 nitrogen and oxygen atoms in total. The van der Waals surface area contributed by atoms with Crippen molar-refractivity contribution < 1.29 is 8.42 Å². The number of thiocarbonyl (C=S) groups is 1. The fourth-order valence-electron chi connectivity index (χ4n) is 1.58. The molecule has 2 rings (SSSR count). The fraction of sp³-hybridized carbons (Fsp3) is 0.200. The number of nitrogens with one attached hydrogen (secondary N) is 2. The SMILES string of the molecule is Cc1cc(S(=O)(=O)NCc2nn[nH]n2)ccc1C(N)=S. The number of rotatable bonds is 5. The second-order valence-electron chi connectivity index (χ2n) is 3.99. The third kappa shape index (κ3) is 3.15. The molecule has 0 amide bonds. The average Bonchev–Trinajstić information content (AvgIpc) is 2.89. The monoisotopic (exact) mass is 312 g/mol. The van der Waals surface area contributed by atoms with Gasteiger partial charge in [-0.05, 0) is 24.6 Å². The third-order valence-corrected chi connectivity index (χ3v) is 4.20. The van der Waals surface area contributed by atoms with Crippen LogP contribution in [0.2, 0.25) is 0 Å². The van der Waals surface area contributed by atoms with Crippen molar-refractivity contribution in [2.75, 3.05) is 0 Å². The van der Waals surface area contributed by atoms with Crippen LogP contribution in [-0.4, -0.2) is 34.0 Å². The summed E-state index contributed by atoms with van der Waals surface area (Å²) in [5, 5.41) is 12.9. The van der Waals surface area contributed by atoms with Gasteiger partial charge in [-0.25, -0.2) is 13.1 Å². The Morgan fingerprint density at radius 2 is 2.25 bits per heavy atom. The van der Waals surface area contributed by atoms with E-state index in [1.807, 2.05) is 0 Å². The zero-order chi connectivity index (χ0) is 14.8. The van der Waals surface area contributed by atoms with Gasteiger partial charge in [0, 0.05) is 5.56 Å². The lowest BCUT2D eigenvalue weighted by Crippen LogP contribution is -2.24. The van der Waals surface area contributed by atoms with Crippen LogP contribution in [0.5, 0.6) is 0 Å². The van der Waals surface area contributed by atoms with Crippen LogP contribution in [0.25, 0.3) is 0 Å². The molecule has 0 unspecified atom stereocenters. The smallest absolute Gasteiger partial charge is 0.240 e. The first-order valence-electron chi connectivity index (χ1n) is 5.52. The number of aryl methyl sites for hydroxylation is 1. The van der Waals surface area contributed by atoms with Gasteiger partial charge in [0.1, 0.15) is 4.99 Å². The minimum atomic E-state index is -3.66. The molecule has 1 aromatic carbocycles. The van der Waals surface area contributed by atoms with Crippen LogP contribution in [0, 0.1) is 6.92 Å². The van der Waals surface area contributed by atoms with Crippen LogP contribution in [0.1, 0.15) is 17.0 Å². The van der Waals surface area contributed by atoms with E-state index in [4.69, 9.17) is 18.0 Å². The van der Waals surface area contributed by atoms with E-state index in [1.165, 1.54) is 12.1 Å². The number of sulfonamides is 1. The van der Waals surface area contributed by atoms with E-state index in [1.54, 1.807) is 13.0 Å². The van der Waals surface area contributed by atoms with Crippen LogP contribution < -0.4 is 10.5 Å². The minimum absolute atomic E-state index is 0.0467. The molecule has 20 heavy (non-hydrogen) atoms. The highest BCUT2D eigenvalue weighted by atomic mass is 32.2. The number of hydrogen-bond donors (Lipinski definition) is 3. The van der Waals surface area contributed by atoms with Gasteiger partial charge < -0.3 is 5.73 Å². The van der Waals surface area contributed by atoms with Gasteiger partial charge in [-0.15, -0.1) is 10.2 Å². The molecule has 0 aliphatic rings. The summed E-state index contributed by atoms with van der Waals surface area (Å²) in [5.74, 6) is 0.255. The molecule has 0 saturated carbocycles. The van der Waals surface area contributed by atoms with Crippen LogP contribution in [0.3, 0.4) is 0 Å². The fourth-order valence-corrected chi connectivity index (χ4v) is 2.87. The molecule has 0 bridgehead atoms. The topological polar surface area (TPSA) is 127 Å². The molecule has 0 atom stereocenters. The number of benzene rings is 1. The summed E-state index contributed by atoms with van der Waals surface area (Å²) in [7, 11) is -3.66. The quantitative estimate of drug-likeness (QED) is 0.642. The first kappa shape index (κ1) is 14.5. The first-order valence-corrected chi connectivity index (χ1v) is 7.42. The maximum Gasteiger partial charge on any atom is 0.240 e. The first-order chi connectivity index (χ1) is 9.40. The molecule has 0 saturated heterocycles. The molecule has 0 fully saturated rings. The summed E-state index contributed by atoms with van der Waals surface area (Å²) < 4.78 is 26.6. The summed E-state index contributed by atoms with van der Waals surface area (Å²) >= 11 is 4.88. The van der Waals surface area contributed by atoms with Crippen molar-refractivity contribution in [2.45, 2.75) is 18.4 Å². The Labute approximate surface area is 120 Å². The van der Waals surface area contributed by atoms with Crippen molar-refractivity contribution in [1.29, 1.82) is 0 Å². The number of hydrogen-bond acceptors (Lipinski definition) is 6. The van der Waals surface area contributed by atoms with E-state index in [-0.39, 0.29) is 22.3 Å². The lowest BCUT2D eigenvalue weighted by molar-refractivity contribution is 0.579. The number of H-pyrrole nitrogens is 1. The van der Waals surface area contributed by atoms with Crippen molar-refractivity contribution in [3.63, 3.8) is 0 Å². The Morgan fingerprint density at radius 3 is 2.80 bits per heavy atom. The molecule has 2 aromatic rings. The molecule has 0 aliphatic carbocycles. The second kappa shape index (κ2) is 5.61. The molecule has 0 spiro atoms. The highest BCUT2D eigenvalue weighted by molar-refractivity contribution is 7.89. The molecule has 1 heterocycles. The van der Waals surface area contributed by atoms with Crippen LogP contribution >= 0.6 is 12.2 Å². The highest BCUT2D eigenvalue weighted by Gasteiger charge is 2.16. The molecule has 4 N–H and O–H groups in total. The second-order valence-corrected chi connectivity index (χ2v) is 6.20. The molecule has 0 radical (unpaired) electrons. The standard InChI is InChI=1S/C10H12N6O2S2/c1-6-4-7(2-3-8(6)10(11)19)20(17,18)12-5-9-13-15-16-14-9/h2-4,12H,5H2,1H3,(H2,11,19)(H,13,14,15,16). The van der Waals surface area contributed by atoms with E-state index in [9.17, 15) is 8.42 Å². The Kier molecular flexibility index (Phi) is 4.06. The summed E-state index contributed by atoms with van der Waals surface area (Å²) in [6.07, 6.45) is 0. The van der Waals surface area contributed by atoms with Gasteiger partial charge >= 0.3 is 0 Å². The van der Waals surface area contributed by atoms with Gasteiger partial charge in [-0.1, -0.05) is 23.5 Å². The summed E-state index contributed by atoms with van der Waals surface area (Å²) in [6, 6.07) is 4.54. The van der Waals surface area contributed by atoms with Gasteiger partial charge in [0.2, 0.25) is 10.0 Å². The maximum atomic E-state index is 12.1. The number of tetrazole rings is 1. The predicted octanol–water partition coefficient (Wildman–Crippen LogP) is -0.379. The number of nitrogens with two attached hydrogens (primary N) is 1. The molecule has 106 valence electrons. The van der Waals surface area contributed by atoms with Crippen molar-refractivity contribution in [1.82, 2.24) is 25.3 Å². The molecule has 10 heteroatoms. The number of aromatic nitrogens is 4. The average molecular weight is 312 g/mol. The van der Waals surface area contributed by atoms with Crippen molar-refractivity contribution in [3.8, 4) is 0 Å². The molecular formula is C10H12N6O2S2. The lowest BCUT2D eigenvalue weighted by Gasteiger charge is -2.08. The number of nitrogens with zero attached hydrogens (tertiary/aromatic N) is 3. The Balaban J connectivity index is 2.21. The van der Waals surface area contributed by atoms with E-state index in [0.717, 1.165) is 0 Å². The number of aromatic amines is 1. The van der Waals surface area contributed by atoms with E-state index < -0.39 is 10.0 Å². The van der Waals surface area contributed by atoms with Crippen LogP contribution in [-0.2, 0) is 16.6 Å². The minimum Gasteiger partial charge on any atom is -0.389 e. The largest absolute Gasteiger partial charge is 0.389 e. The van der Waals surface area contributed by atoms with E-state index in [2.05, 4.69) is 25.3 Å². The molecule has 1 aromatic heterocycles. The lowest BCUT2D eigenvalue weighted by atomic mass is 10.1. The maximum absolute atomic E-state index is 12.1. The van der Waals surface area contributed by atoms with Crippen molar-refractivity contribution in [2.24, 2.45) is 5.73 Å². The normalized spacial score (nSPS) is 11.4. The van der Waals surface area contributed by atoms with Crippen molar-refractivity contribution in [3.05, 3.63) is 35.2 Å². The summed E-state index contributed by atoms with van der Waals surface area (Å²) in [5.41, 5.74) is 6.88. The zero-order valence-corrected chi connectivity index (χ0v) is 12.1. The van der Waals surface area contributed by atoms with Crippen LogP contribution in [0.15, 0.2) is 23.1 Å². The molecule has 0 aliphatic heterocycles. The van der Waals surface area contributed by atoms with Crippen LogP contribution in [0.4, 0.5) is 0 Å². The zero-order valence-electron chi connectivity index (χ0n) is 10.5. The predicted molar refractivity (Wildman–Crippen MR) is 75.3 cm³/mol. The van der Waals surface area contributed by atoms with E-state index in [0.29, 0.717) is 11.1 Å². The Morgan fingerprint density at radius 1 is 1.50 bits per heavy atom. The van der Waals surface area contributed by atoms with Crippen molar-refractivity contribution >= 4 is 27.2 Å². The molecular weight excluding hydrogens is 300 g/mol. The Hall–Kier alpha value is -1.91.